The number of hydrogen-bond acceptors (Lipinski definition) is 5. The Kier molecular flexibility index (Phi) is 4.92. The van der Waals surface area contributed by atoms with E-state index < -0.39 is 10.8 Å². The van der Waals surface area contributed by atoms with Crippen LogP contribution >= 0.6 is 23.8 Å². The van der Waals surface area contributed by atoms with Gasteiger partial charge in [0, 0.05) is 24.9 Å². The van der Waals surface area contributed by atoms with Crippen molar-refractivity contribution in [2.75, 3.05) is 5.32 Å². The zero-order valence-electron chi connectivity index (χ0n) is 12.2. The van der Waals surface area contributed by atoms with Gasteiger partial charge in [0.05, 0.1) is 15.6 Å². The first kappa shape index (κ1) is 16.8. The molecule has 0 aliphatic heterocycles. The third kappa shape index (κ3) is 3.82. The molecule has 10 heteroatoms. The molecule has 0 aliphatic rings. The average Bonchev–Trinajstić information content (AvgIpc) is 2.72. The van der Waals surface area contributed by atoms with Gasteiger partial charge in [0.15, 0.2) is 5.11 Å². The van der Waals surface area contributed by atoms with Crippen LogP contribution in [-0.2, 0) is 7.05 Å². The Hall–Kier alpha value is -2.52. The van der Waals surface area contributed by atoms with E-state index in [4.69, 9.17) is 23.8 Å². The van der Waals surface area contributed by atoms with Crippen molar-refractivity contribution in [2.24, 2.45) is 7.05 Å². The van der Waals surface area contributed by atoms with E-state index in [2.05, 4.69) is 15.7 Å². The van der Waals surface area contributed by atoms with Gasteiger partial charge in [-0.3, -0.25) is 24.9 Å². The third-order valence-electron chi connectivity index (χ3n) is 2.93. The number of nitrogens with one attached hydrogen (secondary N) is 2. The fourth-order valence-corrected chi connectivity index (χ4v) is 2.33. The smallest absolute Gasteiger partial charge is 0.277 e. The van der Waals surface area contributed by atoms with Crippen LogP contribution in [0.5, 0.6) is 0 Å². The van der Waals surface area contributed by atoms with Crippen LogP contribution in [0.15, 0.2) is 24.3 Å². The number of anilines is 1. The molecule has 8 nitrogen and oxygen atoms in total. The van der Waals surface area contributed by atoms with Crippen LogP contribution in [-0.4, -0.2) is 25.7 Å². The average molecular weight is 354 g/mol. The van der Waals surface area contributed by atoms with Crippen molar-refractivity contribution in [1.29, 1.82) is 0 Å². The number of carbonyl (C=O) groups excluding carboxylic acids is 1. The van der Waals surface area contributed by atoms with Crippen molar-refractivity contribution < 1.29 is 9.72 Å². The molecule has 120 valence electrons. The Morgan fingerprint density at radius 2 is 2.00 bits per heavy atom. The van der Waals surface area contributed by atoms with E-state index >= 15 is 0 Å². The van der Waals surface area contributed by atoms with Crippen LogP contribution in [0.25, 0.3) is 0 Å². The molecule has 23 heavy (non-hydrogen) atoms. The molecule has 0 radical (unpaired) electrons. The normalized spacial score (nSPS) is 10.2. The number of aromatic nitrogens is 2. The minimum absolute atomic E-state index is 0.0392. The molecular weight excluding hydrogens is 342 g/mol. The Labute approximate surface area is 141 Å². The maximum absolute atomic E-state index is 12.2. The zero-order valence-corrected chi connectivity index (χ0v) is 13.7. The van der Waals surface area contributed by atoms with E-state index in [0.717, 1.165) is 0 Å². The molecule has 0 spiro atoms. The number of amides is 1. The number of benzene rings is 1. The van der Waals surface area contributed by atoms with E-state index in [-0.39, 0.29) is 21.5 Å². The van der Waals surface area contributed by atoms with Crippen molar-refractivity contribution in [3.63, 3.8) is 0 Å². The molecule has 0 saturated heterocycles. The standard InChI is InChI=1S/C13H12ClN5O3S/c1-7-10(14)11(18(2)17-7)12(20)16-13(23)15-8-3-5-9(6-4-8)19(21)22/h3-6H,1-2H3,(H2,15,16,20,23). The molecule has 2 rings (SSSR count). The lowest BCUT2D eigenvalue weighted by Gasteiger charge is -2.09. The van der Waals surface area contributed by atoms with E-state index in [9.17, 15) is 14.9 Å². The zero-order chi connectivity index (χ0) is 17.1. The van der Waals surface area contributed by atoms with Crippen LogP contribution in [0.3, 0.4) is 0 Å². The van der Waals surface area contributed by atoms with E-state index in [1.807, 2.05) is 0 Å². The summed E-state index contributed by atoms with van der Waals surface area (Å²) in [6.07, 6.45) is 0. The first-order valence-corrected chi connectivity index (χ1v) is 7.14. The third-order valence-corrected chi connectivity index (χ3v) is 3.58. The van der Waals surface area contributed by atoms with Gasteiger partial charge in [0.25, 0.3) is 11.6 Å². The number of non-ortho nitro benzene ring substituents is 1. The summed E-state index contributed by atoms with van der Waals surface area (Å²) in [7, 11) is 1.60. The lowest BCUT2D eigenvalue weighted by molar-refractivity contribution is -0.384. The number of hydrogen-bond donors (Lipinski definition) is 2. The van der Waals surface area contributed by atoms with Gasteiger partial charge in [0.1, 0.15) is 5.69 Å². The van der Waals surface area contributed by atoms with Crippen molar-refractivity contribution in [3.8, 4) is 0 Å². The molecule has 0 atom stereocenters. The summed E-state index contributed by atoms with van der Waals surface area (Å²) >= 11 is 11.1. The van der Waals surface area contributed by atoms with Crippen molar-refractivity contribution in [2.45, 2.75) is 6.92 Å². The number of carbonyl (C=O) groups is 1. The Bertz CT molecular complexity index is 788. The van der Waals surface area contributed by atoms with Crippen LogP contribution in [0.2, 0.25) is 5.02 Å². The van der Waals surface area contributed by atoms with E-state index in [1.54, 1.807) is 14.0 Å². The largest absolute Gasteiger partial charge is 0.332 e. The first-order chi connectivity index (χ1) is 10.8. The second-order valence-corrected chi connectivity index (χ2v) is 5.37. The molecule has 0 fully saturated rings. The maximum atomic E-state index is 12.2. The summed E-state index contributed by atoms with van der Waals surface area (Å²) in [6.45, 7) is 1.69. The van der Waals surface area contributed by atoms with Crippen LogP contribution in [0.1, 0.15) is 16.2 Å². The second-order valence-electron chi connectivity index (χ2n) is 4.58. The fourth-order valence-electron chi connectivity index (χ4n) is 1.87. The van der Waals surface area contributed by atoms with Gasteiger partial charge < -0.3 is 5.32 Å². The lowest BCUT2D eigenvalue weighted by Crippen LogP contribution is -2.35. The van der Waals surface area contributed by atoms with E-state index in [1.165, 1.54) is 28.9 Å². The van der Waals surface area contributed by atoms with Gasteiger partial charge in [-0.1, -0.05) is 11.6 Å². The lowest BCUT2D eigenvalue weighted by atomic mass is 10.3. The highest BCUT2D eigenvalue weighted by molar-refractivity contribution is 7.80. The summed E-state index contributed by atoms with van der Waals surface area (Å²) in [4.78, 5) is 22.3. The highest BCUT2D eigenvalue weighted by atomic mass is 35.5. The molecular formula is C13H12ClN5O3S. The summed E-state index contributed by atoms with van der Waals surface area (Å²) < 4.78 is 1.36. The maximum Gasteiger partial charge on any atom is 0.277 e. The highest BCUT2D eigenvalue weighted by Crippen LogP contribution is 2.19. The topological polar surface area (TPSA) is 102 Å². The number of halogens is 1. The Morgan fingerprint density at radius 1 is 1.39 bits per heavy atom. The summed E-state index contributed by atoms with van der Waals surface area (Å²) in [5.74, 6) is -0.502. The monoisotopic (exact) mass is 353 g/mol. The number of nitro groups is 1. The van der Waals surface area contributed by atoms with Gasteiger partial charge in [-0.25, -0.2) is 0 Å². The number of nitro benzene ring substituents is 1. The molecule has 2 N–H and O–H groups in total. The predicted octanol–water partition coefficient (Wildman–Crippen LogP) is 2.42. The molecule has 0 unspecified atom stereocenters. The van der Waals surface area contributed by atoms with Gasteiger partial charge in [-0.15, -0.1) is 0 Å². The van der Waals surface area contributed by atoms with Crippen LogP contribution < -0.4 is 10.6 Å². The van der Waals surface area contributed by atoms with Crippen molar-refractivity contribution >= 4 is 46.2 Å². The molecule has 1 amide bonds. The molecule has 1 aromatic heterocycles. The van der Waals surface area contributed by atoms with E-state index in [0.29, 0.717) is 11.4 Å². The minimum atomic E-state index is -0.503. The van der Waals surface area contributed by atoms with Gasteiger partial charge >= 0.3 is 0 Å². The summed E-state index contributed by atoms with van der Waals surface area (Å²) in [6, 6.07) is 5.62. The fraction of sp³-hybridized carbons (Fsp3) is 0.154. The number of thiocarbonyl (C=S) groups is 1. The van der Waals surface area contributed by atoms with Crippen molar-refractivity contribution in [3.05, 3.63) is 50.8 Å². The molecule has 1 aromatic carbocycles. The predicted molar refractivity (Wildman–Crippen MR) is 89.7 cm³/mol. The first-order valence-electron chi connectivity index (χ1n) is 6.35. The second kappa shape index (κ2) is 6.71. The number of aryl methyl sites for hydroxylation is 2. The van der Waals surface area contributed by atoms with Crippen molar-refractivity contribution in [1.82, 2.24) is 15.1 Å². The minimum Gasteiger partial charge on any atom is -0.332 e. The molecule has 0 saturated carbocycles. The Balaban J connectivity index is 2.04. The Morgan fingerprint density at radius 3 is 2.48 bits per heavy atom. The molecule has 1 heterocycles. The highest BCUT2D eigenvalue weighted by Gasteiger charge is 2.19. The summed E-state index contributed by atoms with van der Waals surface area (Å²) in [5.41, 5.74) is 1.20. The molecule has 2 aromatic rings. The summed E-state index contributed by atoms with van der Waals surface area (Å²) in [5, 5.41) is 20.2. The SMILES string of the molecule is Cc1nn(C)c(C(=O)NC(=S)Nc2ccc([N+](=O)[O-])cc2)c1Cl. The van der Waals surface area contributed by atoms with Gasteiger partial charge in [0.2, 0.25) is 0 Å². The number of rotatable bonds is 3. The molecule has 0 aliphatic carbocycles. The van der Waals surface area contributed by atoms with Gasteiger partial charge in [-0.05, 0) is 31.3 Å². The number of nitrogens with zero attached hydrogens (tertiary/aromatic N) is 3. The van der Waals surface area contributed by atoms with Crippen LogP contribution in [0.4, 0.5) is 11.4 Å². The quantitative estimate of drug-likeness (QED) is 0.499. The molecule has 0 bridgehead atoms. The van der Waals surface area contributed by atoms with Crippen LogP contribution in [0, 0.1) is 17.0 Å². The van der Waals surface area contributed by atoms with Gasteiger partial charge in [-0.2, -0.15) is 5.10 Å².